The van der Waals surface area contributed by atoms with Gasteiger partial charge in [-0.3, -0.25) is 0 Å². The summed E-state index contributed by atoms with van der Waals surface area (Å²) >= 11 is 5.88. The molecule has 0 aliphatic heterocycles. The van der Waals surface area contributed by atoms with Gasteiger partial charge in [-0.25, -0.2) is 15.0 Å². The lowest BCUT2D eigenvalue weighted by Gasteiger charge is -2.07. The predicted molar refractivity (Wildman–Crippen MR) is 107 cm³/mol. The molecule has 0 aliphatic rings. The number of hydrogen-bond acceptors (Lipinski definition) is 4. The average molecular weight is 376 g/mol. The smallest absolute Gasteiger partial charge is 0.219 e. The van der Waals surface area contributed by atoms with E-state index in [1.54, 1.807) is 18.5 Å². The Morgan fingerprint density at radius 1 is 0.815 bits per heavy atom. The zero-order valence-electron chi connectivity index (χ0n) is 14.7. The van der Waals surface area contributed by atoms with Crippen molar-refractivity contribution in [2.24, 2.45) is 0 Å². The Kier molecular flexibility index (Phi) is 5.26. The molecule has 0 fully saturated rings. The van der Waals surface area contributed by atoms with Crippen molar-refractivity contribution in [2.75, 3.05) is 0 Å². The van der Waals surface area contributed by atoms with Crippen molar-refractivity contribution in [3.8, 4) is 11.6 Å². The van der Waals surface area contributed by atoms with Crippen LogP contribution in [0.4, 0.5) is 0 Å². The second-order valence-electron chi connectivity index (χ2n) is 6.25. The normalized spacial score (nSPS) is 10.9. The number of aromatic nitrogens is 3. The van der Waals surface area contributed by atoms with E-state index in [1.165, 1.54) is 5.56 Å². The fourth-order valence-electron chi connectivity index (χ4n) is 2.96. The Morgan fingerprint density at radius 3 is 2.48 bits per heavy atom. The molecule has 0 atom stereocenters. The second kappa shape index (κ2) is 8.14. The summed E-state index contributed by atoms with van der Waals surface area (Å²) in [5.41, 5.74) is 3.26. The molecular formula is C22H18ClN3O. The zero-order chi connectivity index (χ0) is 18.5. The average Bonchev–Trinajstić information content (AvgIpc) is 2.71. The SMILES string of the molecule is Clc1ccc(Oc2ccc(CCCc3ncnc4ccccc34)cn2)cc1. The molecule has 5 heteroatoms. The van der Waals surface area contributed by atoms with Gasteiger partial charge in [0.1, 0.15) is 12.1 Å². The van der Waals surface area contributed by atoms with Gasteiger partial charge >= 0.3 is 0 Å². The lowest BCUT2D eigenvalue weighted by molar-refractivity contribution is 0.462. The lowest BCUT2D eigenvalue weighted by atomic mass is 10.1. The molecule has 0 saturated heterocycles. The zero-order valence-corrected chi connectivity index (χ0v) is 15.4. The first-order valence-corrected chi connectivity index (χ1v) is 9.23. The molecular weight excluding hydrogens is 358 g/mol. The summed E-state index contributed by atoms with van der Waals surface area (Å²) in [6.45, 7) is 0. The summed E-state index contributed by atoms with van der Waals surface area (Å²) in [6, 6.07) is 19.3. The van der Waals surface area contributed by atoms with E-state index < -0.39 is 0 Å². The number of aryl methyl sites for hydroxylation is 2. The minimum absolute atomic E-state index is 0.572. The van der Waals surface area contributed by atoms with E-state index in [0.29, 0.717) is 10.9 Å². The van der Waals surface area contributed by atoms with Gasteiger partial charge in [0.25, 0.3) is 0 Å². The van der Waals surface area contributed by atoms with Crippen LogP contribution >= 0.6 is 11.6 Å². The summed E-state index contributed by atoms with van der Waals surface area (Å²) in [5, 5.41) is 1.81. The van der Waals surface area contributed by atoms with Crippen molar-refractivity contribution < 1.29 is 4.74 Å². The Morgan fingerprint density at radius 2 is 1.67 bits per heavy atom. The molecule has 0 unspecified atom stereocenters. The Labute approximate surface area is 162 Å². The highest BCUT2D eigenvalue weighted by Gasteiger charge is 2.04. The quantitative estimate of drug-likeness (QED) is 0.437. The van der Waals surface area contributed by atoms with Gasteiger partial charge in [-0.15, -0.1) is 0 Å². The summed E-state index contributed by atoms with van der Waals surface area (Å²) in [4.78, 5) is 13.2. The Balaban J connectivity index is 1.35. The highest BCUT2D eigenvalue weighted by atomic mass is 35.5. The topological polar surface area (TPSA) is 47.9 Å². The fourth-order valence-corrected chi connectivity index (χ4v) is 3.09. The Bertz CT molecular complexity index is 1030. The van der Waals surface area contributed by atoms with Crippen LogP contribution < -0.4 is 4.74 Å². The van der Waals surface area contributed by atoms with E-state index in [0.717, 1.165) is 41.6 Å². The minimum Gasteiger partial charge on any atom is -0.439 e. The molecule has 4 nitrogen and oxygen atoms in total. The maximum absolute atomic E-state index is 5.88. The maximum Gasteiger partial charge on any atom is 0.219 e. The third kappa shape index (κ3) is 4.41. The Hall–Kier alpha value is -2.98. The van der Waals surface area contributed by atoms with Crippen molar-refractivity contribution in [3.05, 3.63) is 89.5 Å². The first-order valence-electron chi connectivity index (χ1n) is 8.85. The van der Waals surface area contributed by atoms with E-state index >= 15 is 0 Å². The molecule has 0 bridgehead atoms. The van der Waals surface area contributed by atoms with E-state index in [4.69, 9.17) is 16.3 Å². The second-order valence-corrected chi connectivity index (χ2v) is 6.69. The maximum atomic E-state index is 5.88. The van der Waals surface area contributed by atoms with E-state index in [1.807, 2.05) is 42.6 Å². The van der Waals surface area contributed by atoms with Gasteiger partial charge in [0, 0.05) is 22.7 Å². The van der Waals surface area contributed by atoms with Gasteiger partial charge in [0.15, 0.2) is 0 Å². The molecule has 4 rings (SSSR count). The third-order valence-electron chi connectivity index (χ3n) is 4.34. The monoisotopic (exact) mass is 375 g/mol. The summed E-state index contributed by atoms with van der Waals surface area (Å²) < 4.78 is 5.72. The summed E-state index contributed by atoms with van der Waals surface area (Å²) in [7, 11) is 0. The number of ether oxygens (including phenoxy) is 1. The molecule has 0 spiro atoms. The lowest BCUT2D eigenvalue weighted by Crippen LogP contribution is -1.96. The van der Waals surface area contributed by atoms with Crippen molar-refractivity contribution >= 4 is 22.5 Å². The van der Waals surface area contributed by atoms with Crippen molar-refractivity contribution in [1.82, 2.24) is 15.0 Å². The number of para-hydroxylation sites is 1. The molecule has 2 aromatic carbocycles. The van der Waals surface area contributed by atoms with Crippen LogP contribution in [0.15, 0.2) is 73.2 Å². The molecule has 0 radical (unpaired) electrons. The van der Waals surface area contributed by atoms with Crippen LogP contribution in [0, 0.1) is 0 Å². The highest BCUT2D eigenvalue weighted by molar-refractivity contribution is 6.30. The molecule has 2 aromatic heterocycles. The number of nitrogens with zero attached hydrogens (tertiary/aromatic N) is 3. The van der Waals surface area contributed by atoms with Crippen LogP contribution in [0.3, 0.4) is 0 Å². The van der Waals surface area contributed by atoms with Crippen molar-refractivity contribution in [3.63, 3.8) is 0 Å². The van der Waals surface area contributed by atoms with Crippen LogP contribution in [0.2, 0.25) is 5.02 Å². The van der Waals surface area contributed by atoms with Crippen LogP contribution in [0.1, 0.15) is 17.7 Å². The van der Waals surface area contributed by atoms with Gasteiger partial charge in [0.05, 0.1) is 11.2 Å². The standard InChI is InChI=1S/C22H18ClN3O/c23-17-9-11-18(12-10-17)27-22-13-8-16(14-24-22)4-3-7-21-19-5-1-2-6-20(19)25-15-26-21/h1-2,5-6,8-15H,3-4,7H2. The van der Waals surface area contributed by atoms with Gasteiger partial charge in [-0.2, -0.15) is 0 Å². The van der Waals surface area contributed by atoms with Crippen molar-refractivity contribution in [1.29, 1.82) is 0 Å². The number of fused-ring (bicyclic) bond motifs is 1. The van der Waals surface area contributed by atoms with Crippen LogP contribution in [0.25, 0.3) is 10.9 Å². The predicted octanol–water partition coefficient (Wildman–Crippen LogP) is 5.65. The molecule has 0 amide bonds. The number of rotatable bonds is 6. The fraction of sp³-hybridized carbons (Fsp3) is 0.136. The van der Waals surface area contributed by atoms with Crippen LogP contribution in [-0.2, 0) is 12.8 Å². The third-order valence-corrected chi connectivity index (χ3v) is 4.59. The van der Waals surface area contributed by atoms with Gasteiger partial charge in [0.2, 0.25) is 5.88 Å². The van der Waals surface area contributed by atoms with Gasteiger partial charge in [-0.05, 0) is 55.2 Å². The first kappa shape index (κ1) is 17.4. The van der Waals surface area contributed by atoms with E-state index in [-0.39, 0.29) is 0 Å². The van der Waals surface area contributed by atoms with Crippen LogP contribution in [-0.4, -0.2) is 15.0 Å². The highest BCUT2D eigenvalue weighted by Crippen LogP contribution is 2.22. The minimum atomic E-state index is 0.572. The molecule has 0 saturated carbocycles. The molecule has 2 heterocycles. The number of benzene rings is 2. The van der Waals surface area contributed by atoms with Gasteiger partial charge in [-0.1, -0.05) is 35.9 Å². The molecule has 0 aliphatic carbocycles. The summed E-state index contributed by atoms with van der Waals surface area (Å²) in [5.74, 6) is 1.29. The van der Waals surface area contributed by atoms with Crippen molar-refractivity contribution in [2.45, 2.75) is 19.3 Å². The number of halogens is 1. The van der Waals surface area contributed by atoms with E-state index in [2.05, 4.69) is 27.1 Å². The number of hydrogen-bond donors (Lipinski definition) is 0. The number of pyridine rings is 1. The molecule has 27 heavy (non-hydrogen) atoms. The van der Waals surface area contributed by atoms with E-state index in [9.17, 15) is 0 Å². The largest absolute Gasteiger partial charge is 0.439 e. The van der Waals surface area contributed by atoms with Gasteiger partial charge < -0.3 is 4.74 Å². The first-order chi connectivity index (χ1) is 13.3. The summed E-state index contributed by atoms with van der Waals surface area (Å²) in [6.07, 6.45) is 6.35. The molecule has 4 aromatic rings. The van der Waals surface area contributed by atoms with Crippen LogP contribution in [0.5, 0.6) is 11.6 Å². The molecule has 0 N–H and O–H groups in total. The molecule has 134 valence electrons.